The molecule has 0 amide bonds. The fourth-order valence-corrected chi connectivity index (χ4v) is 8.84. The van der Waals surface area contributed by atoms with E-state index in [1.54, 1.807) is 0 Å². The van der Waals surface area contributed by atoms with Crippen LogP contribution in [0.1, 0.15) is 12.2 Å². The molecular formula is C52H33N5O. The monoisotopic (exact) mass is 743 g/mol. The first kappa shape index (κ1) is 32.4. The summed E-state index contributed by atoms with van der Waals surface area (Å²) in [6.07, 6.45) is 11.3. The quantitative estimate of drug-likeness (QED) is 0.176. The first-order valence-corrected chi connectivity index (χ1v) is 19.6. The molecule has 7 aromatic carbocycles. The number of para-hydroxylation sites is 3. The zero-order valence-electron chi connectivity index (χ0n) is 31.2. The molecule has 272 valence electrons. The molecule has 0 aliphatic heterocycles. The first-order valence-electron chi connectivity index (χ1n) is 19.6. The van der Waals surface area contributed by atoms with Gasteiger partial charge in [0.2, 0.25) is 0 Å². The summed E-state index contributed by atoms with van der Waals surface area (Å²) in [6, 6.07) is 55.5. The van der Waals surface area contributed by atoms with Gasteiger partial charge in [0.25, 0.3) is 0 Å². The Labute approximate surface area is 333 Å². The molecule has 0 bridgehead atoms. The van der Waals surface area contributed by atoms with Crippen LogP contribution in [0.4, 0.5) is 0 Å². The molecule has 4 aromatic heterocycles. The lowest BCUT2D eigenvalue weighted by Gasteiger charge is -2.10. The maximum atomic E-state index is 6.72. The van der Waals surface area contributed by atoms with Crippen molar-refractivity contribution in [1.82, 2.24) is 24.1 Å². The molecular weight excluding hydrogens is 711 g/mol. The number of allylic oxidation sites excluding steroid dienone is 6. The Bertz CT molecular complexity index is 3530. The molecule has 0 atom stereocenters. The van der Waals surface area contributed by atoms with Gasteiger partial charge in [0.1, 0.15) is 11.2 Å². The first-order chi connectivity index (χ1) is 28.8. The lowest BCUT2D eigenvalue weighted by molar-refractivity contribution is 0.668. The van der Waals surface area contributed by atoms with Crippen LogP contribution >= 0.6 is 0 Å². The van der Waals surface area contributed by atoms with Crippen LogP contribution in [0.3, 0.4) is 0 Å². The largest absolute Gasteiger partial charge is 0.456 e. The van der Waals surface area contributed by atoms with Crippen molar-refractivity contribution < 1.29 is 4.42 Å². The summed E-state index contributed by atoms with van der Waals surface area (Å²) in [5.41, 5.74) is 11.2. The van der Waals surface area contributed by atoms with Gasteiger partial charge >= 0.3 is 0 Å². The molecule has 0 N–H and O–H groups in total. The lowest BCUT2D eigenvalue weighted by atomic mass is 10.0. The summed E-state index contributed by atoms with van der Waals surface area (Å²) in [4.78, 5) is 15.2. The Balaban J connectivity index is 1.08. The molecule has 11 aromatic rings. The van der Waals surface area contributed by atoms with Crippen molar-refractivity contribution in [3.8, 4) is 34.2 Å². The van der Waals surface area contributed by atoms with Crippen LogP contribution < -0.4 is 0 Å². The molecule has 12 rings (SSSR count). The van der Waals surface area contributed by atoms with Crippen molar-refractivity contribution in [3.05, 3.63) is 194 Å². The van der Waals surface area contributed by atoms with E-state index in [0.29, 0.717) is 17.5 Å². The number of hydrogen-bond donors (Lipinski definition) is 0. The minimum absolute atomic E-state index is 0.601. The lowest BCUT2D eigenvalue weighted by Crippen LogP contribution is -2.02. The number of hydrogen-bond acceptors (Lipinski definition) is 4. The van der Waals surface area contributed by atoms with Crippen molar-refractivity contribution >= 4 is 71.1 Å². The van der Waals surface area contributed by atoms with Gasteiger partial charge in [-0.1, -0.05) is 134 Å². The number of benzene rings is 7. The predicted octanol–water partition coefficient (Wildman–Crippen LogP) is 13.2. The molecule has 0 saturated heterocycles. The highest BCUT2D eigenvalue weighted by Gasteiger charge is 2.22. The topological polar surface area (TPSA) is 61.7 Å². The standard InChI is InChI=1S/C52H33N5O/c1-2-6-17-33(16-5-1)50-53-51(34-18-7-3-8-19-34)55-52(54-50)41-24-15-27-45-47(41)40-29-28-36(32-46(40)58-45)56-43-26-14-12-23-39(43)48-44(56)31-30-38-37-22-11-13-25-42(37)57(49(38)48)35-20-9-4-10-21-35/h1,3-32H,2H2. The maximum absolute atomic E-state index is 6.72. The van der Waals surface area contributed by atoms with Gasteiger partial charge in [-0.05, 0) is 55.0 Å². The number of rotatable bonds is 5. The molecule has 0 spiro atoms. The second-order valence-electron chi connectivity index (χ2n) is 14.7. The smallest absolute Gasteiger partial charge is 0.164 e. The number of fused-ring (bicyclic) bond motifs is 10. The second-order valence-corrected chi connectivity index (χ2v) is 14.7. The Morgan fingerprint density at radius 1 is 0.466 bits per heavy atom. The SMILES string of the molecule is C1=CCC=CC(c2nc(-c3ccccc3)nc(-c3cccc4oc5cc(-n6c7ccccc7c7c6ccc6c8ccccc8n(-c8ccccc8)c67)ccc5c34)n2)=C1. The van der Waals surface area contributed by atoms with E-state index >= 15 is 0 Å². The number of aromatic nitrogens is 5. The van der Waals surface area contributed by atoms with Crippen LogP contribution in [-0.4, -0.2) is 24.1 Å². The highest BCUT2D eigenvalue weighted by molar-refractivity contribution is 6.26. The van der Waals surface area contributed by atoms with Gasteiger partial charge in [0, 0.05) is 66.5 Å². The van der Waals surface area contributed by atoms with Gasteiger partial charge in [-0.2, -0.15) is 0 Å². The molecule has 0 saturated carbocycles. The van der Waals surface area contributed by atoms with Gasteiger partial charge in [0.05, 0.1) is 22.1 Å². The van der Waals surface area contributed by atoms with Gasteiger partial charge in [0.15, 0.2) is 17.5 Å². The molecule has 1 aliphatic carbocycles. The van der Waals surface area contributed by atoms with Crippen molar-refractivity contribution in [3.63, 3.8) is 0 Å². The third kappa shape index (κ3) is 4.95. The van der Waals surface area contributed by atoms with Gasteiger partial charge in [-0.15, -0.1) is 0 Å². The summed E-state index contributed by atoms with van der Waals surface area (Å²) >= 11 is 0. The highest BCUT2D eigenvalue weighted by atomic mass is 16.3. The Kier molecular flexibility index (Phi) is 7.19. The average molecular weight is 744 g/mol. The summed E-state index contributed by atoms with van der Waals surface area (Å²) in [7, 11) is 0. The van der Waals surface area contributed by atoms with E-state index in [0.717, 1.165) is 67.5 Å². The van der Waals surface area contributed by atoms with Gasteiger partial charge in [-0.25, -0.2) is 15.0 Å². The van der Waals surface area contributed by atoms with Crippen LogP contribution in [0.25, 0.3) is 105 Å². The van der Waals surface area contributed by atoms with Crippen LogP contribution in [0, 0.1) is 0 Å². The maximum Gasteiger partial charge on any atom is 0.164 e. The predicted molar refractivity (Wildman–Crippen MR) is 238 cm³/mol. The van der Waals surface area contributed by atoms with Crippen LogP contribution in [0.15, 0.2) is 193 Å². The summed E-state index contributed by atoms with van der Waals surface area (Å²) in [6.45, 7) is 0. The summed E-state index contributed by atoms with van der Waals surface area (Å²) < 4.78 is 11.5. The van der Waals surface area contributed by atoms with E-state index in [1.165, 1.54) is 32.6 Å². The Morgan fingerprint density at radius 3 is 2.05 bits per heavy atom. The van der Waals surface area contributed by atoms with Gasteiger partial charge in [-0.3, -0.25) is 0 Å². The molecule has 0 unspecified atom stereocenters. The van der Waals surface area contributed by atoms with Crippen LogP contribution in [0.5, 0.6) is 0 Å². The van der Waals surface area contributed by atoms with E-state index in [4.69, 9.17) is 19.4 Å². The highest BCUT2D eigenvalue weighted by Crippen LogP contribution is 2.43. The molecule has 6 heteroatoms. The van der Waals surface area contributed by atoms with E-state index < -0.39 is 0 Å². The van der Waals surface area contributed by atoms with Crippen molar-refractivity contribution in [2.24, 2.45) is 0 Å². The minimum Gasteiger partial charge on any atom is -0.456 e. The number of furan rings is 1. The number of nitrogens with zero attached hydrogens (tertiary/aromatic N) is 5. The second kappa shape index (κ2) is 12.9. The normalized spacial score (nSPS) is 13.1. The summed E-state index contributed by atoms with van der Waals surface area (Å²) in [5.74, 6) is 1.86. The van der Waals surface area contributed by atoms with Gasteiger partial charge < -0.3 is 13.6 Å². The molecule has 0 fully saturated rings. The van der Waals surface area contributed by atoms with E-state index in [-0.39, 0.29) is 0 Å². The zero-order chi connectivity index (χ0) is 38.2. The average Bonchev–Trinajstić information content (AvgIpc) is 3.85. The zero-order valence-corrected chi connectivity index (χ0v) is 31.2. The van der Waals surface area contributed by atoms with Crippen LogP contribution in [-0.2, 0) is 0 Å². The Hall–Kier alpha value is -7.83. The minimum atomic E-state index is 0.601. The molecule has 58 heavy (non-hydrogen) atoms. The molecule has 1 aliphatic rings. The fourth-order valence-electron chi connectivity index (χ4n) is 8.84. The van der Waals surface area contributed by atoms with Crippen molar-refractivity contribution in [2.45, 2.75) is 6.42 Å². The van der Waals surface area contributed by atoms with E-state index in [1.807, 2.05) is 42.5 Å². The van der Waals surface area contributed by atoms with Crippen molar-refractivity contribution in [1.29, 1.82) is 0 Å². The Morgan fingerprint density at radius 2 is 1.19 bits per heavy atom. The van der Waals surface area contributed by atoms with Crippen LogP contribution in [0.2, 0.25) is 0 Å². The molecule has 6 nitrogen and oxygen atoms in total. The molecule has 0 radical (unpaired) electrons. The van der Waals surface area contributed by atoms with E-state index in [9.17, 15) is 0 Å². The fraction of sp³-hybridized carbons (Fsp3) is 0.0192. The van der Waals surface area contributed by atoms with E-state index in [2.05, 4.69) is 155 Å². The third-order valence-corrected chi connectivity index (χ3v) is 11.4. The molecule has 4 heterocycles. The third-order valence-electron chi connectivity index (χ3n) is 11.4. The van der Waals surface area contributed by atoms with Crippen molar-refractivity contribution in [2.75, 3.05) is 0 Å². The summed E-state index contributed by atoms with van der Waals surface area (Å²) in [5, 5.41) is 6.86.